The molecule has 4 nitrogen and oxygen atoms in total. The smallest absolute Gasteiger partial charge is 0.342 e. The van der Waals surface area contributed by atoms with Gasteiger partial charge < -0.3 is 14.2 Å². The monoisotopic (exact) mass is 268 g/mol. The van der Waals surface area contributed by atoms with E-state index < -0.39 is 11.8 Å². The maximum absolute atomic E-state index is 13.2. The lowest BCUT2D eigenvalue weighted by Gasteiger charge is -2.22. The fourth-order valence-corrected chi connectivity index (χ4v) is 2.02. The molecule has 1 aliphatic rings. The van der Waals surface area contributed by atoms with Gasteiger partial charge in [-0.25, -0.2) is 9.18 Å². The van der Waals surface area contributed by atoms with Crippen molar-refractivity contribution >= 4 is 5.97 Å². The SMILES string of the molecule is COc1ccc(F)cc1C(=O)OCC1CCCCO1. The number of halogens is 1. The number of ether oxygens (including phenoxy) is 3. The summed E-state index contributed by atoms with van der Waals surface area (Å²) in [6.07, 6.45) is 2.94. The van der Waals surface area contributed by atoms with Crippen molar-refractivity contribution in [2.24, 2.45) is 0 Å². The molecular weight excluding hydrogens is 251 g/mol. The average Bonchev–Trinajstić information content (AvgIpc) is 2.46. The zero-order valence-electron chi connectivity index (χ0n) is 10.9. The summed E-state index contributed by atoms with van der Waals surface area (Å²) in [5.74, 6) is -0.789. The third kappa shape index (κ3) is 3.67. The Balaban J connectivity index is 1.97. The first-order valence-electron chi connectivity index (χ1n) is 6.33. The Morgan fingerprint density at radius 1 is 1.47 bits per heavy atom. The molecule has 5 heteroatoms. The zero-order chi connectivity index (χ0) is 13.7. The van der Waals surface area contributed by atoms with Gasteiger partial charge in [0.25, 0.3) is 0 Å². The Morgan fingerprint density at radius 3 is 3.00 bits per heavy atom. The molecule has 1 unspecified atom stereocenters. The van der Waals surface area contributed by atoms with E-state index in [1.54, 1.807) is 0 Å². The molecule has 0 bridgehead atoms. The van der Waals surface area contributed by atoms with Gasteiger partial charge in [-0.1, -0.05) is 0 Å². The van der Waals surface area contributed by atoms with E-state index in [2.05, 4.69) is 0 Å². The summed E-state index contributed by atoms with van der Waals surface area (Å²) in [7, 11) is 1.42. The summed E-state index contributed by atoms with van der Waals surface area (Å²) in [6.45, 7) is 0.893. The summed E-state index contributed by atoms with van der Waals surface area (Å²) < 4.78 is 28.8. The van der Waals surface area contributed by atoms with Crippen LogP contribution in [-0.2, 0) is 9.47 Å². The fraction of sp³-hybridized carbons (Fsp3) is 0.500. The van der Waals surface area contributed by atoms with E-state index in [-0.39, 0.29) is 18.3 Å². The first-order chi connectivity index (χ1) is 9.20. The van der Waals surface area contributed by atoms with Crippen LogP contribution in [0.15, 0.2) is 18.2 Å². The second-order valence-electron chi connectivity index (χ2n) is 4.43. The molecule has 0 radical (unpaired) electrons. The molecule has 0 aliphatic carbocycles. The van der Waals surface area contributed by atoms with Crippen LogP contribution in [0.4, 0.5) is 4.39 Å². The zero-order valence-corrected chi connectivity index (χ0v) is 10.9. The predicted molar refractivity (Wildman–Crippen MR) is 66.8 cm³/mol. The van der Waals surface area contributed by atoms with Gasteiger partial charge in [-0.15, -0.1) is 0 Å². The van der Waals surface area contributed by atoms with Crippen LogP contribution in [0.3, 0.4) is 0 Å². The van der Waals surface area contributed by atoms with Crippen LogP contribution in [0.2, 0.25) is 0 Å². The third-order valence-corrected chi connectivity index (χ3v) is 3.06. The van der Waals surface area contributed by atoms with Gasteiger partial charge in [-0.2, -0.15) is 0 Å². The number of methoxy groups -OCH3 is 1. The van der Waals surface area contributed by atoms with Gasteiger partial charge in [0.1, 0.15) is 23.7 Å². The molecule has 0 N–H and O–H groups in total. The highest BCUT2D eigenvalue weighted by atomic mass is 19.1. The number of esters is 1. The minimum absolute atomic E-state index is 0.0581. The molecule has 1 atom stereocenters. The normalized spacial score (nSPS) is 18.9. The standard InChI is InChI=1S/C14H17FO4/c1-17-13-6-5-10(15)8-12(13)14(16)19-9-11-4-2-3-7-18-11/h5-6,8,11H,2-4,7,9H2,1H3. The molecule has 2 rings (SSSR count). The highest BCUT2D eigenvalue weighted by Crippen LogP contribution is 2.21. The van der Waals surface area contributed by atoms with Crippen molar-refractivity contribution in [3.8, 4) is 5.75 Å². The molecule has 19 heavy (non-hydrogen) atoms. The number of rotatable bonds is 4. The van der Waals surface area contributed by atoms with Crippen LogP contribution < -0.4 is 4.74 Å². The molecule has 1 heterocycles. The largest absolute Gasteiger partial charge is 0.496 e. The van der Waals surface area contributed by atoms with Crippen molar-refractivity contribution in [3.63, 3.8) is 0 Å². The highest BCUT2D eigenvalue weighted by Gasteiger charge is 2.19. The van der Waals surface area contributed by atoms with Gasteiger partial charge in [0.15, 0.2) is 0 Å². The fourth-order valence-electron chi connectivity index (χ4n) is 2.02. The first kappa shape index (κ1) is 13.8. The van der Waals surface area contributed by atoms with Gasteiger partial charge >= 0.3 is 5.97 Å². The van der Waals surface area contributed by atoms with Crippen LogP contribution in [-0.4, -0.2) is 32.4 Å². The van der Waals surface area contributed by atoms with Crippen molar-refractivity contribution in [3.05, 3.63) is 29.6 Å². The Bertz CT molecular complexity index is 441. The van der Waals surface area contributed by atoms with Crippen molar-refractivity contribution in [1.82, 2.24) is 0 Å². The topological polar surface area (TPSA) is 44.8 Å². The van der Waals surface area contributed by atoms with E-state index in [0.717, 1.165) is 25.3 Å². The van der Waals surface area contributed by atoms with Crippen LogP contribution in [0.25, 0.3) is 0 Å². The van der Waals surface area contributed by atoms with Gasteiger partial charge in [0, 0.05) is 6.61 Å². The average molecular weight is 268 g/mol. The molecule has 1 fully saturated rings. The van der Waals surface area contributed by atoms with Crippen LogP contribution in [0.1, 0.15) is 29.6 Å². The first-order valence-corrected chi connectivity index (χ1v) is 6.33. The van der Waals surface area contributed by atoms with E-state index in [0.29, 0.717) is 12.4 Å². The third-order valence-electron chi connectivity index (χ3n) is 3.06. The van der Waals surface area contributed by atoms with Crippen LogP contribution >= 0.6 is 0 Å². The molecule has 104 valence electrons. The number of hydrogen-bond acceptors (Lipinski definition) is 4. The minimum Gasteiger partial charge on any atom is -0.496 e. The van der Waals surface area contributed by atoms with Crippen molar-refractivity contribution < 1.29 is 23.4 Å². The maximum atomic E-state index is 13.2. The second kappa shape index (κ2) is 6.52. The molecule has 0 aromatic heterocycles. The summed E-state index contributed by atoms with van der Waals surface area (Å²) in [4.78, 5) is 11.9. The summed E-state index contributed by atoms with van der Waals surface area (Å²) in [5, 5.41) is 0. The molecule has 0 amide bonds. The maximum Gasteiger partial charge on any atom is 0.342 e. The van der Waals surface area contributed by atoms with E-state index in [1.165, 1.54) is 19.2 Å². The Kier molecular flexibility index (Phi) is 4.74. The summed E-state index contributed by atoms with van der Waals surface area (Å²) in [6, 6.07) is 3.76. The number of benzene rings is 1. The summed E-state index contributed by atoms with van der Waals surface area (Å²) >= 11 is 0. The van der Waals surface area contributed by atoms with Gasteiger partial charge in [0.2, 0.25) is 0 Å². The van der Waals surface area contributed by atoms with E-state index in [9.17, 15) is 9.18 Å². The Morgan fingerprint density at radius 2 is 2.32 bits per heavy atom. The van der Waals surface area contributed by atoms with E-state index in [1.807, 2.05) is 0 Å². The lowest BCUT2D eigenvalue weighted by molar-refractivity contribution is -0.0301. The lowest BCUT2D eigenvalue weighted by atomic mass is 10.1. The highest BCUT2D eigenvalue weighted by molar-refractivity contribution is 5.92. The van der Waals surface area contributed by atoms with Crippen molar-refractivity contribution in [2.75, 3.05) is 20.3 Å². The Labute approximate surface area is 111 Å². The van der Waals surface area contributed by atoms with E-state index >= 15 is 0 Å². The Hall–Kier alpha value is -1.62. The van der Waals surface area contributed by atoms with Crippen LogP contribution in [0.5, 0.6) is 5.75 Å². The lowest BCUT2D eigenvalue weighted by Crippen LogP contribution is -2.26. The molecule has 1 aromatic carbocycles. The second-order valence-corrected chi connectivity index (χ2v) is 4.43. The molecule has 1 aromatic rings. The van der Waals surface area contributed by atoms with Gasteiger partial charge in [-0.05, 0) is 37.5 Å². The van der Waals surface area contributed by atoms with Crippen molar-refractivity contribution in [2.45, 2.75) is 25.4 Å². The predicted octanol–water partition coefficient (Wildman–Crippen LogP) is 2.56. The minimum atomic E-state index is -0.592. The number of carbonyl (C=O) groups is 1. The molecular formula is C14H17FO4. The van der Waals surface area contributed by atoms with Crippen molar-refractivity contribution in [1.29, 1.82) is 0 Å². The molecule has 1 aliphatic heterocycles. The van der Waals surface area contributed by atoms with Crippen LogP contribution in [0, 0.1) is 5.82 Å². The van der Waals surface area contributed by atoms with Gasteiger partial charge in [-0.3, -0.25) is 0 Å². The number of carbonyl (C=O) groups excluding carboxylic acids is 1. The van der Waals surface area contributed by atoms with Gasteiger partial charge in [0.05, 0.1) is 13.2 Å². The van der Waals surface area contributed by atoms with E-state index in [4.69, 9.17) is 14.2 Å². The summed E-state index contributed by atoms with van der Waals surface area (Å²) in [5.41, 5.74) is 0.0957. The molecule has 0 spiro atoms. The quantitative estimate of drug-likeness (QED) is 0.787. The molecule has 1 saturated heterocycles. The number of hydrogen-bond donors (Lipinski definition) is 0. The molecule has 0 saturated carbocycles.